The minimum absolute atomic E-state index is 0.661. The Balaban J connectivity index is 1.99. The number of nitrogens with zero attached hydrogens (tertiary/aromatic N) is 3. The zero-order valence-corrected chi connectivity index (χ0v) is 10.4. The summed E-state index contributed by atoms with van der Waals surface area (Å²) in [5.41, 5.74) is 6.78. The average molecular weight is 238 g/mol. The van der Waals surface area contributed by atoms with Crippen LogP contribution in [0.5, 0.6) is 0 Å². The molecule has 0 amide bonds. The van der Waals surface area contributed by atoms with Crippen LogP contribution in [0.1, 0.15) is 12.1 Å². The third kappa shape index (κ3) is 2.72. The zero-order valence-electron chi connectivity index (χ0n) is 9.59. The van der Waals surface area contributed by atoms with Crippen LogP contribution in [0.25, 0.3) is 0 Å². The van der Waals surface area contributed by atoms with E-state index in [1.807, 2.05) is 6.26 Å². The van der Waals surface area contributed by atoms with Gasteiger partial charge in [-0.05, 0) is 31.7 Å². The third-order valence-electron chi connectivity index (χ3n) is 3.01. The molecule has 1 atom stereocenters. The van der Waals surface area contributed by atoms with Crippen LogP contribution in [0.3, 0.4) is 0 Å². The van der Waals surface area contributed by atoms with Crippen LogP contribution < -0.4 is 5.73 Å². The number of rotatable bonds is 4. The summed E-state index contributed by atoms with van der Waals surface area (Å²) < 4.78 is 0. The van der Waals surface area contributed by atoms with Gasteiger partial charge in [0.2, 0.25) is 0 Å². The number of nitrogens with two attached hydrogens (primary N) is 1. The molecule has 1 unspecified atom stereocenters. The second-order valence-corrected chi connectivity index (χ2v) is 4.93. The number of thioether (sulfide) groups is 1. The molecule has 1 saturated heterocycles. The number of aromatic nitrogens is 2. The second-order valence-electron chi connectivity index (χ2n) is 4.14. The van der Waals surface area contributed by atoms with E-state index in [-0.39, 0.29) is 0 Å². The minimum atomic E-state index is 0.661. The summed E-state index contributed by atoms with van der Waals surface area (Å²) in [5.74, 6) is 0.661. The molecular weight excluding hydrogens is 220 g/mol. The maximum absolute atomic E-state index is 5.69. The quantitative estimate of drug-likeness (QED) is 0.792. The topological polar surface area (TPSA) is 55.0 Å². The number of hydrogen-bond donors (Lipinski definition) is 1. The van der Waals surface area contributed by atoms with Crippen LogP contribution in [0.4, 0.5) is 0 Å². The molecule has 1 aliphatic rings. The molecule has 1 aliphatic heterocycles. The Morgan fingerprint density at radius 1 is 1.50 bits per heavy atom. The second kappa shape index (κ2) is 5.61. The summed E-state index contributed by atoms with van der Waals surface area (Å²) in [5, 5.41) is 1.04. The lowest BCUT2D eigenvalue weighted by Crippen LogP contribution is -2.23. The first-order valence-corrected chi connectivity index (χ1v) is 6.82. The van der Waals surface area contributed by atoms with Crippen molar-refractivity contribution < 1.29 is 0 Å². The molecule has 0 spiro atoms. The molecule has 0 saturated carbocycles. The lowest BCUT2D eigenvalue weighted by Gasteiger charge is -2.16. The molecule has 16 heavy (non-hydrogen) atoms. The van der Waals surface area contributed by atoms with Gasteiger partial charge in [-0.2, -0.15) is 0 Å². The van der Waals surface area contributed by atoms with Gasteiger partial charge in [-0.15, -0.1) is 11.8 Å². The van der Waals surface area contributed by atoms with E-state index in [4.69, 9.17) is 5.73 Å². The summed E-state index contributed by atoms with van der Waals surface area (Å²) >= 11 is 1.66. The first-order chi connectivity index (χ1) is 7.83. The van der Waals surface area contributed by atoms with Crippen molar-refractivity contribution in [1.29, 1.82) is 0 Å². The molecule has 0 bridgehead atoms. The fraction of sp³-hybridized carbons (Fsp3) is 0.636. The summed E-state index contributed by atoms with van der Waals surface area (Å²) in [6.45, 7) is 3.93. The van der Waals surface area contributed by atoms with Gasteiger partial charge in [-0.1, -0.05) is 0 Å². The van der Waals surface area contributed by atoms with E-state index in [0.29, 0.717) is 5.92 Å². The van der Waals surface area contributed by atoms with Gasteiger partial charge < -0.3 is 5.73 Å². The van der Waals surface area contributed by atoms with Crippen LogP contribution >= 0.6 is 11.8 Å². The minimum Gasteiger partial charge on any atom is -0.330 e. The van der Waals surface area contributed by atoms with Crippen LogP contribution in [-0.4, -0.2) is 40.8 Å². The monoisotopic (exact) mass is 238 g/mol. The smallest absolute Gasteiger partial charge is 0.119 e. The van der Waals surface area contributed by atoms with Gasteiger partial charge in [0.15, 0.2) is 0 Å². The van der Waals surface area contributed by atoms with Gasteiger partial charge >= 0.3 is 0 Å². The van der Waals surface area contributed by atoms with E-state index in [9.17, 15) is 0 Å². The maximum atomic E-state index is 5.69. The van der Waals surface area contributed by atoms with Crippen LogP contribution in [0, 0.1) is 5.92 Å². The summed E-state index contributed by atoms with van der Waals surface area (Å²) in [7, 11) is 0. The van der Waals surface area contributed by atoms with Gasteiger partial charge in [0.1, 0.15) is 5.03 Å². The van der Waals surface area contributed by atoms with Crippen LogP contribution in [0.15, 0.2) is 17.4 Å². The van der Waals surface area contributed by atoms with Crippen molar-refractivity contribution in [3.8, 4) is 0 Å². The molecule has 1 aromatic rings. The third-order valence-corrected chi connectivity index (χ3v) is 3.73. The largest absolute Gasteiger partial charge is 0.330 e. The zero-order chi connectivity index (χ0) is 11.4. The van der Waals surface area contributed by atoms with Crippen molar-refractivity contribution in [2.45, 2.75) is 18.0 Å². The molecule has 2 heterocycles. The highest BCUT2D eigenvalue weighted by atomic mass is 32.2. The molecule has 2 rings (SSSR count). The standard InChI is InChI=1S/C11H18N4S/c1-16-11-10(13-3-4-14-11)8-15-5-2-9(6-12)7-15/h3-4,9H,2,5-8,12H2,1H3. The Morgan fingerprint density at radius 3 is 3.00 bits per heavy atom. The highest BCUT2D eigenvalue weighted by Gasteiger charge is 2.22. The van der Waals surface area contributed by atoms with Crippen LogP contribution in [-0.2, 0) is 6.54 Å². The van der Waals surface area contributed by atoms with Gasteiger partial charge in [0.25, 0.3) is 0 Å². The molecule has 4 nitrogen and oxygen atoms in total. The van der Waals surface area contributed by atoms with E-state index in [2.05, 4.69) is 14.9 Å². The molecule has 5 heteroatoms. The molecule has 2 N–H and O–H groups in total. The predicted octanol–water partition coefficient (Wildman–Crippen LogP) is 0.979. The Morgan fingerprint density at radius 2 is 2.31 bits per heavy atom. The summed E-state index contributed by atoms with van der Waals surface area (Å²) in [6.07, 6.45) is 6.78. The molecule has 1 fully saturated rings. The van der Waals surface area contributed by atoms with Crippen molar-refractivity contribution >= 4 is 11.8 Å². The predicted molar refractivity (Wildman–Crippen MR) is 66.3 cm³/mol. The van der Waals surface area contributed by atoms with E-state index in [1.54, 1.807) is 24.2 Å². The van der Waals surface area contributed by atoms with E-state index in [0.717, 1.165) is 36.9 Å². The van der Waals surface area contributed by atoms with Gasteiger partial charge in [-0.3, -0.25) is 9.88 Å². The lowest BCUT2D eigenvalue weighted by atomic mass is 10.1. The molecule has 0 aliphatic carbocycles. The summed E-state index contributed by atoms with van der Waals surface area (Å²) in [6, 6.07) is 0. The number of hydrogen-bond acceptors (Lipinski definition) is 5. The van der Waals surface area contributed by atoms with Crippen molar-refractivity contribution in [2.24, 2.45) is 11.7 Å². The number of likely N-dealkylation sites (tertiary alicyclic amines) is 1. The average Bonchev–Trinajstić information content (AvgIpc) is 2.77. The maximum Gasteiger partial charge on any atom is 0.119 e. The Hall–Kier alpha value is -0.650. The molecule has 88 valence electrons. The SMILES string of the molecule is CSc1nccnc1CN1CCC(CN)C1. The van der Waals surface area contributed by atoms with Gasteiger partial charge in [0, 0.05) is 25.5 Å². The first-order valence-electron chi connectivity index (χ1n) is 5.59. The molecule has 0 radical (unpaired) electrons. The highest BCUT2D eigenvalue weighted by molar-refractivity contribution is 7.98. The van der Waals surface area contributed by atoms with Gasteiger partial charge in [0.05, 0.1) is 5.69 Å². The van der Waals surface area contributed by atoms with Crippen molar-refractivity contribution in [2.75, 3.05) is 25.9 Å². The highest BCUT2D eigenvalue weighted by Crippen LogP contribution is 2.20. The Kier molecular flexibility index (Phi) is 4.15. The van der Waals surface area contributed by atoms with Crippen molar-refractivity contribution in [3.63, 3.8) is 0 Å². The van der Waals surface area contributed by atoms with E-state index < -0.39 is 0 Å². The molecular formula is C11H18N4S. The first kappa shape index (κ1) is 11.8. The molecule has 0 aromatic carbocycles. The van der Waals surface area contributed by atoms with Crippen LogP contribution in [0.2, 0.25) is 0 Å². The normalized spacial score (nSPS) is 21.5. The van der Waals surface area contributed by atoms with Gasteiger partial charge in [-0.25, -0.2) is 4.98 Å². The fourth-order valence-electron chi connectivity index (χ4n) is 2.09. The van der Waals surface area contributed by atoms with Crippen molar-refractivity contribution in [3.05, 3.63) is 18.1 Å². The fourth-order valence-corrected chi connectivity index (χ4v) is 2.61. The van der Waals surface area contributed by atoms with E-state index >= 15 is 0 Å². The van der Waals surface area contributed by atoms with Crippen molar-refractivity contribution in [1.82, 2.24) is 14.9 Å². The Bertz CT molecular complexity index is 345. The van der Waals surface area contributed by atoms with E-state index in [1.165, 1.54) is 6.42 Å². The lowest BCUT2D eigenvalue weighted by molar-refractivity contribution is 0.310. The Labute approximate surface area is 101 Å². The molecule has 1 aromatic heterocycles. The summed E-state index contributed by atoms with van der Waals surface area (Å²) in [4.78, 5) is 11.2.